The van der Waals surface area contributed by atoms with Gasteiger partial charge in [0, 0.05) is 12.4 Å². The molecule has 0 radical (unpaired) electrons. The van der Waals surface area contributed by atoms with Gasteiger partial charge in [-0.2, -0.15) is 0 Å². The van der Waals surface area contributed by atoms with Crippen LogP contribution in [0.1, 0.15) is 5.56 Å². The lowest BCUT2D eigenvalue weighted by atomic mass is 10.1. The minimum atomic E-state index is -0.831. The Morgan fingerprint density at radius 3 is 3.07 bits per heavy atom. The summed E-state index contributed by atoms with van der Waals surface area (Å²) < 4.78 is 11.7. The molecule has 2 nitrogen and oxygen atoms in total. The number of fused-ring (bicyclic) bond motifs is 1. The maximum Gasteiger partial charge on any atom is 0.0982 e. The normalized spacial score (nSPS) is 19.9. The lowest BCUT2D eigenvalue weighted by Gasteiger charge is -2.09. The molecule has 1 unspecified atom stereocenters. The molecule has 0 N–H and O–H groups in total. The van der Waals surface area contributed by atoms with Crippen LogP contribution in [0.4, 0.5) is 5.69 Å². The van der Waals surface area contributed by atoms with Gasteiger partial charge in [-0.1, -0.05) is 22.0 Å². The number of hydrogen-bond donors (Lipinski definition) is 0. The first-order valence-corrected chi connectivity index (χ1v) is 6.95. The summed E-state index contributed by atoms with van der Waals surface area (Å²) in [6, 6.07) is 6.24. The van der Waals surface area contributed by atoms with E-state index in [0.717, 1.165) is 22.3 Å². The molecule has 0 saturated heterocycles. The van der Waals surface area contributed by atoms with Crippen molar-refractivity contribution in [1.29, 1.82) is 0 Å². The molecule has 1 atom stereocenters. The fourth-order valence-electron chi connectivity index (χ4n) is 1.64. The Labute approximate surface area is 94.9 Å². The van der Waals surface area contributed by atoms with Crippen LogP contribution in [0, 0.1) is 0 Å². The largest absolute Gasteiger partial charge is 0.361 e. The van der Waals surface area contributed by atoms with E-state index in [2.05, 4.69) is 34.1 Å². The van der Waals surface area contributed by atoms with E-state index < -0.39 is 10.8 Å². The van der Waals surface area contributed by atoms with Gasteiger partial charge in [0.05, 0.1) is 27.3 Å². The zero-order valence-corrected chi connectivity index (χ0v) is 10.4. The zero-order valence-electron chi connectivity index (χ0n) is 8.00. The Morgan fingerprint density at radius 2 is 2.36 bits per heavy atom. The maximum absolute atomic E-state index is 11.7. The van der Waals surface area contributed by atoms with E-state index in [1.807, 2.05) is 11.9 Å². The van der Waals surface area contributed by atoms with Crippen molar-refractivity contribution in [1.82, 2.24) is 0 Å². The number of anilines is 1. The molecule has 0 aliphatic carbocycles. The molecule has 1 aromatic carbocycles. The van der Waals surface area contributed by atoms with Gasteiger partial charge in [0.1, 0.15) is 0 Å². The molecule has 1 aromatic rings. The average molecular weight is 274 g/mol. The van der Waals surface area contributed by atoms with Crippen molar-refractivity contribution in [2.24, 2.45) is 0 Å². The highest BCUT2D eigenvalue weighted by Gasteiger charge is 2.22. The Balaban J connectivity index is 2.39. The van der Waals surface area contributed by atoms with Crippen molar-refractivity contribution in [2.75, 3.05) is 23.2 Å². The topological polar surface area (TPSA) is 20.3 Å². The highest BCUT2D eigenvalue weighted by atomic mass is 79.9. The molecular formula is C10H12BrNOS. The van der Waals surface area contributed by atoms with Crippen LogP contribution in [-0.2, 0) is 17.2 Å². The molecule has 0 aromatic heterocycles. The van der Waals surface area contributed by atoms with Crippen LogP contribution in [0.15, 0.2) is 23.1 Å². The molecular weight excluding hydrogens is 262 g/mol. The zero-order chi connectivity index (χ0) is 10.1. The van der Waals surface area contributed by atoms with Crippen LogP contribution in [0.5, 0.6) is 0 Å². The number of nitrogens with zero attached hydrogens (tertiary/aromatic N) is 1. The van der Waals surface area contributed by atoms with Gasteiger partial charge < -0.3 is 4.90 Å². The Bertz CT molecular complexity index is 380. The highest BCUT2D eigenvalue weighted by molar-refractivity contribution is 9.09. The van der Waals surface area contributed by atoms with Crippen LogP contribution >= 0.6 is 15.9 Å². The SMILES string of the molecule is CN1CS(=O)c2cc(CCBr)ccc21. The van der Waals surface area contributed by atoms with E-state index in [4.69, 9.17) is 0 Å². The second-order valence-corrected chi connectivity index (χ2v) is 5.60. The summed E-state index contributed by atoms with van der Waals surface area (Å²) in [5, 5.41) is 0.953. The number of benzene rings is 1. The van der Waals surface area contributed by atoms with E-state index >= 15 is 0 Å². The van der Waals surface area contributed by atoms with Gasteiger partial charge in [0.15, 0.2) is 0 Å². The molecule has 1 aliphatic rings. The molecule has 1 aliphatic heterocycles. The standard InChI is InChI=1S/C10H12BrNOS/c1-12-7-14(13)10-6-8(4-5-11)2-3-9(10)12/h2-3,6H,4-5,7H2,1H3. The molecule has 4 heteroatoms. The monoisotopic (exact) mass is 273 g/mol. The third-order valence-electron chi connectivity index (χ3n) is 2.37. The van der Waals surface area contributed by atoms with Gasteiger partial charge >= 0.3 is 0 Å². The number of halogens is 1. The second kappa shape index (κ2) is 4.03. The van der Waals surface area contributed by atoms with Crippen LogP contribution in [-0.4, -0.2) is 22.5 Å². The van der Waals surface area contributed by atoms with Crippen molar-refractivity contribution in [3.8, 4) is 0 Å². The van der Waals surface area contributed by atoms with Crippen molar-refractivity contribution in [2.45, 2.75) is 11.3 Å². The van der Waals surface area contributed by atoms with Crippen LogP contribution in [0.3, 0.4) is 0 Å². The van der Waals surface area contributed by atoms with E-state index in [-0.39, 0.29) is 0 Å². The molecule has 0 spiro atoms. The van der Waals surface area contributed by atoms with Crippen molar-refractivity contribution in [3.63, 3.8) is 0 Å². The van der Waals surface area contributed by atoms with Gasteiger partial charge in [0.25, 0.3) is 0 Å². The van der Waals surface area contributed by atoms with E-state index in [0.29, 0.717) is 5.88 Å². The van der Waals surface area contributed by atoms with Crippen LogP contribution < -0.4 is 4.90 Å². The maximum atomic E-state index is 11.7. The fraction of sp³-hybridized carbons (Fsp3) is 0.400. The minimum Gasteiger partial charge on any atom is -0.361 e. The smallest absolute Gasteiger partial charge is 0.0982 e. The third-order valence-corrected chi connectivity index (χ3v) is 4.21. The lowest BCUT2D eigenvalue weighted by molar-refractivity contribution is 0.685. The predicted octanol–water partition coefficient (Wildman–Crippen LogP) is 2.14. The summed E-state index contributed by atoms with van der Waals surface area (Å²) in [5.41, 5.74) is 2.37. The Morgan fingerprint density at radius 1 is 1.57 bits per heavy atom. The third kappa shape index (κ3) is 1.73. The molecule has 76 valence electrons. The lowest BCUT2D eigenvalue weighted by Crippen LogP contribution is -2.13. The number of rotatable bonds is 2. The van der Waals surface area contributed by atoms with Crippen LogP contribution in [0.2, 0.25) is 0 Å². The highest BCUT2D eigenvalue weighted by Crippen LogP contribution is 2.30. The second-order valence-electron chi connectivity index (χ2n) is 3.41. The van der Waals surface area contributed by atoms with Crippen molar-refractivity contribution < 1.29 is 4.21 Å². The Hall–Kier alpha value is -0.350. The molecule has 0 saturated carbocycles. The molecule has 0 bridgehead atoms. The summed E-state index contributed by atoms with van der Waals surface area (Å²) in [6.45, 7) is 0. The van der Waals surface area contributed by atoms with E-state index in [1.54, 1.807) is 0 Å². The number of hydrogen-bond acceptors (Lipinski definition) is 2. The van der Waals surface area contributed by atoms with E-state index in [1.165, 1.54) is 5.56 Å². The molecule has 0 fully saturated rings. The summed E-state index contributed by atoms with van der Waals surface area (Å²) in [4.78, 5) is 3.04. The first-order valence-electron chi connectivity index (χ1n) is 4.51. The van der Waals surface area contributed by atoms with Gasteiger partial charge in [-0.15, -0.1) is 0 Å². The molecule has 14 heavy (non-hydrogen) atoms. The van der Waals surface area contributed by atoms with Gasteiger partial charge in [-0.05, 0) is 24.1 Å². The Kier molecular flexibility index (Phi) is 2.93. The average Bonchev–Trinajstić information content (AvgIpc) is 2.43. The minimum absolute atomic E-state index is 0.632. The summed E-state index contributed by atoms with van der Waals surface area (Å²) >= 11 is 3.41. The van der Waals surface area contributed by atoms with Gasteiger partial charge in [-0.3, -0.25) is 4.21 Å². The first kappa shape index (κ1) is 10.2. The molecule has 2 rings (SSSR count). The fourth-order valence-corrected chi connectivity index (χ4v) is 3.46. The van der Waals surface area contributed by atoms with Gasteiger partial charge in [0.2, 0.25) is 0 Å². The van der Waals surface area contributed by atoms with Gasteiger partial charge in [-0.25, -0.2) is 0 Å². The molecule has 0 amide bonds. The first-order chi connectivity index (χ1) is 6.72. The molecule has 1 heterocycles. The quantitative estimate of drug-likeness (QED) is 0.770. The number of alkyl halides is 1. The summed E-state index contributed by atoms with van der Waals surface area (Å²) in [6.07, 6.45) is 0.994. The van der Waals surface area contributed by atoms with Crippen molar-refractivity contribution in [3.05, 3.63) is 23.8 Å². The summed E-state index contributed by atoms with van der Waals surface area (Å²) in [5.74, 6) is 0.632. The van der Waals surface area contributed by atoms with Crippen LogP contribution in [0.25, 0.3) is 0 Å². The summed E-state index contributed by atoms with van der Waals surface area (Å²) in [7, 11) is 1.15. The predicted molar refractivity (Wildman–Crippen MR) is 63.6 cm³/mol. The van der Waals surface area contributed by atoms with Crippen molar-refractivity contribution >= 4 is 32.4 Å². The van der Waals surface area contributed by atoms with E-state index in [9.17, 15) is 4.21 Å². The number of aryl methyl sites for hydroxylation is 1.